The van der Waals surface area contributed by atoms with Gasteiger partial charge < -0.3 is 10.1 Å². The van der Waals surface area contributed by atoms with Crippen molar-refractivity contribution in [3.63, 3.8) is 0 Å². The first-order valence-corrected chi connectivity index (χ1v) is 11.4. The highest BCUT2D eigenvalue weighted by Crippen LogP contribution is 2.29. The molecule has 1 amide bonds. The predicted octanol–water partition coefficient (Wildman–Crippen LogP) is 4.52. The topological polar surface area (TPSA) is 111 Å². The Balaban J connectivity index is 1.41. The van der Waals surface area contributed by atoms with Crippen LogP contribution >= 0.6 is 11.3 Å². The summed E-state index contributed by atoms with van der Waals surface area (Å²) >= 11 is 1.13. The number of hydrogen-bond acceptors (Lipinski definition) is 8. The molecule has 1 N–H and O–H groups in total. The fourth-order valence-corrected chi connectivity index (χ4v) is 4.57. The summed E-state index contributed by atoms with van der Waals surface area (Å²) in [5, 5.41) is 3.21. The zero-order valence-corrected chi connectivity index (χ0v) is 19.2. The number of nitrogens with zero attached hydrogens (tertiary/aromatic N) is 3. The SMILES string of the molecule is C[C@@H](CC(=O)c1ncnc2c1CCC(=O)N2)c1ncc(C(=O)Cc2cccc(OC(F)(F)F)c2)s1. The quantitative estimate of drug-likeness (QED) is 0.449. The Bertz CT molecular complexity index is 1290. The molecule has 12 heteroatoms. The molecule has 182 valence electrons. The van der Waals surface area contributed by atoms with Crippen molar-refractivity contribution in [2.24, 2.45) is 0 Å². The third kappa shape index (κ3) is 6.07. The van der Waals surface area contributed by atoms with Gasteiger partial charge in [0.15, 0.2) is 11.6 Å². The monoisotopic (exact) mass is 504 g/mol. The Morgan fingerprint density at radius 3 is 2.74 bits per heavy atom. The van der Waals surface area contributed by atoms with E-state index in [0.717, 1.165) is 17.4 Å². The molecule has 8 nitrogen and oxygen atoms in total. The van der Waals surface area contributed by atoms with Crippen molar-refractivity contribution in [1.82, 2.24) is 15.0 Å². The lowest BCUT2D eigenvalue weighted by atomic mass is 9.97. The van der Waals surface area contributed by atoms with E-state index >= 15 is 0 Å². The van der Waals surface area contributed by atoms with Gasteiger partial charge in [-0.05, 0) is 24.1 Å². The minimum Gasteiger partial charge on any atom is -0.406 e. The summed E-state index contributed by atoms with van der Waals surface area (Å²) in [6.07, 6.45) is -1.58. The molecule has 1 aliphatic rings. The Hall–Kier alpha value is -3.67. The van der Waals surface area contributed by atoms with Crippen LogP contribution in [0.2, 0.25) is 0 Å². The number of thiazole rings is 1. The number of Topliss-reactive ketones (excluding diaryl/α,β-unsaturated/α-hetero) is 2. The van der Waals surface area contributed by atoms with E-state index in [1.807, 2.05) is 0 Å². The third-order valence-corrected chi connectivity index (χ3v) is 6.55. The number of fused-ring (bicyclic) bond motifs is 1. The maximum atomic E-state index is 12.9. The van der Waals surface area contributed by atoms with Gasteiger partial charge in [0.05, 0.1) is 9.88 Å². The second kappa shape index (κ2) is 9.90. The summed E-state index contributed by atoms with van der Waals surface area (Å²) in [6, 6.07) is 5.25. The number of carbonyl (C=O) groups is 3. The minimum absolute atomic E-state index is 0.0926. The van der Waals surface area contributed by atoms with Gasteiger partial charge in [0.25, 0.3) is 0 Å². The van der Waals surface area contributed by atoms with Crippen LogP contribution in [0.1, 0.15) is 62.0 Å². The van der Waals surface area contributed by atoms with Crippen LogP contribution in [0.3, 0.4) is 0 Å². The number of alkyl halides is 3. The number of anilines is 1. The molecule has 1 aromatic carbocycles. The molecule has 35 heavy (non-hydrogen) atoms. The number of ether oxygens (including phenoxy) is 1. The second-order valence-electron chi connectivity index (χ2n) is 7.98. The van der Waals surface area contributed by atoms with E-state index in [2.05, 4.69) is 25.0 Å². The largest absolute Gasteiger partial charge is 0.573 e. The van der Waals surface area contributed by atoms with E-state index in [9.17, 15) is 27.6 Å². The van der Waals surface area contributed by atoms with Crippen molar-refractivity contribution in [3.05, 3.63) is 63.5 Å². The molecule has 1 atom stereocenters. The van der Waals surface area contributed by atoms with Crippen molar-refractivity contribution >= 4 is 34.6 Å². The van der Waals surface area contributed by atoms with Gasteiger partial charge >= 0.3 is 6.36 Å². The molecular weight excluding hydrogens is 485 g/mol. The maximum absolute atomic E-state index is 12.9. The average molecular weight is 504 g/mol. The lowest BCUT2D eigenvalue weighted by molar-refractivity contribution is -0.274. The van der Waals surface area contributed by atoms with Crippen molar-refractivity contribution in [2.45, 2.75) is 44.9 Å². The Kier molecular flexibility index (Phi) is 6.92. The van der Waals surface area contributed by atoms with E-state index in [1.54, 1.807) is 6.92 Å². The van der Waals surface area contributed by atoms with Gasteiger partial charge in [-0.1, -0.05) is 19.1 Å². The first-order chi connectivity index (χ1) is 16.6. The predicted molar refractivity (Wildman–Crippen MR) is 120 cm³/mol. The Labute approximate surface area is 201 Å². The van der Waals surface area contributed by atoms with Crippen LogP contribution in [0.5, 0.6) is 5.75 Å². The highest BCUT2D eigenvalue weighted by Gasteiger charge is 2.31. The number of amides is 1. The molecular formula is C23H19F3N4O4S. The zero-order valence-electron chi connectivity index (χ0n) is 18.4. The van der Waals surface area contributed by atoms with Crippen LogP contribution in [0.25, 0.3) is 0 Å². The molecule has 3 heterocycles. The molecule has 1 aliphatic heterocycles. The van der Waals surface area contributed by atoms with Crippen molar-refractivity contribution in [2.75, 3.05) is 5.32 Å². The fraction of sp³-hybridized carbons (Fsp3) is 0.304. The Morgan fingerprint density at radius 1 is 1.17 bits per heavy atom. The molecule has 0 fully saturated rings. The van der Waals surface area contributed by atoms with Gasteiger partial charge in [0.1, 0.15) is 23.6 Å². The van der Waals surface area contributed by atoms with Gasteiger partial charge in [0.2, 0.25) is 5.91 Å². The number of halogens is 3. The van der Waals surface area contributed by atoms with Gasteiger partial charge in [0, 0.05) is 36.9 Å². The van der Waals surface area contributed by atoms with Crippen LogP contribution < -0.4 is 10.1 Å². The number of rotatable bonds is 8. The molecule has 0 unspecified atom stereocenters. The van der Waals surface area contributed by atoms with E-state index in [-0.39, 0.29) is 48.3 Å². The van der Waals surface area contributed by atoms with Crippen molar-refractivity contribution < 1.29 is 32.3 Å². The van der Waals surface area contributed by atoms with Gasteiger partial charge in [-0.25, -0.2) is 15.0 Å². The van der Waals surface area contributed by atoms with Crippen LogP contribution in [0.4, 0.5) is 19.0 Å². The molecule has 2 aromatic heterocycles. The van der Waals surface area contributed by atoms with Crippen LogP contribution in [0, 0.1) is 0 Å². The van der Waals surface area contributed by atoms with E-state index in [4.69, 9.17) is 0 Å². The summed E-state index contributed by atoms with van der Waals surface area (Å²) < 4.78 is 41.2. The van der Waals surface area contributed by atoms with Crippen molar-refractivity contribution in [1.29, 1.82) is 0 Å². The van der Waals surface area contributed by atoms with E-state index < -0.39 is 12.1 Å². The van der Waals surface area contributed by atoms with Crippen LogP contribution in [0.15, 0.2) is 36.8 Å². The second-order valence-corrected chi connectivity index (χ2v) is 9.05. The molecule has 0 aliphatic carbocycles. The number of nitrogens with one attached hydrogen (secondary N) is 1. The summed E-state index contributed by atoms with van der Waals surface area (Å²) in [5.74, 6) is -1.05. The first kappa shape index (κ1) is 24.5. The fourth-order valence-electron chi connectivity index (χ4n) is 3.66. The summed E-state index contributed by atoms with van der Waals surface area (Å²) in [5.41, 5.74) is 1.24. The number of benzene rings is 1. The number of carbonyl (C=O) groups excluding carboxylic acids is 3. The van der Waals surface area contributed by atoms with Gasteiger partial charge in [-0.2, -0.15) is 0 Å². The lowest BCUT2D eigenvalue weighted by Crippen LogP contribution is -2.23. The average Bonchev–Trinajstić information content (AvgIpc) is 3.28. The Morgan fingerprint density at radius 2 is 1.97 bits per heavy atom. The molecule has 0 saturated carbocycles. The third-order valence-electron chi connectivity index (χ3n) is 5.28. The lowest BCUT2D eigenvalue weighted by Gasteiger charge is -2.17. The van der Waals surface area contributed by atoms with Crippen LogP contribution in [-0.2, 0) is 17.6 Å². The normalized spacial score (nSPS) is 14.1. The molecule has 0 saturated heterocycles. The molecule has 0 radical (unpaired) electrons. The van der Waals surface area contributed by atoms with E-state index in [1.165, 1.54) is 30.7 Å². The van der Waals surface area contributed by atoms with Gasteiger partial charge in [-0.3, -0.25) is 14.4 Å². The van der Waals surface area contributed by atoms with Gasteiger partial charge in [-0.15, -0.1) is 24.5 Å². The highest BCUT2D eigenvalue weighted by molar-refractivity contribution is 7.13. The summed E-state index contributed by atoms with van der Waals surface area (Å²) in [7, 11) is 0. The summed E-state index contributed by atoms with van der Waals surface area (Å²) in [4.78, 5) is 49.9. The first-order valence-electron chi connectivity index (χ1n) is 10.6. The standard InChI is InChI=1S/C23H19F3N4O4S/c1-12(7-17(32)20-15-5-6-19(33)30-21(15)29-11-28-20)22-27-10-18(35-22)16(31)9-13-3-2-4-14(8-13)34-23(24,25)26/h2-4,8,10-12H,5-7,9H2,1H3,(H,28,29,30,33)/t12-/m0/s1. The summed E-state index contributed by atoms with van der Waals surface area (Å²) in [6.45, 7) is 1.80. The minimum atomic E-state index is -4.82. The zero-order chi connectivity index (χ0) is 25.2. The van der Waals surface area contributed by atoms with Crippen LogP contribution in [-0.4, -0.2) is 38.8 Å². The molecule has 0 bridgehead atoms. The molecule has 0 spiro atoms. The maximum Gasteiger partial charge on any atom is 0.573 e. The number of ketones is 2. The number of aromatic nitrogens is 3. The smallest absolute Gasteiger partial charge is 0.406 e. The number of hydrogen-bond donors (Lipinski definition) is 1. The van der Waals surface area contributed by atoms with Crippen molar-refractivity contribution in [3.8, 4) is 5.75 Å². The van der Waals surface area contributed by atoms with E-state index in [0.29, 0.717) is 33.3 Å². The molecule has 4 rings (SSSR count). The highest BCUT2D eigenvalue weighted by atomic mass is 32.1. The molecule has 3 aromatic rings.